The van der Waals surface area contributed by atoms with Crippen LogP contribution in [0.15, 0.2) is 76.5 Å². The molecular weight excluding hydrogens is 466 g/mol. The molecule has 7 nitrogen and oxygen atoms in total. The highest BCUT2D eigenvalue weighted by Gasteiger charge is 2.33. The molecule has 1 heterocycles. The van der Waals surface area contributed by atoms with Crippen molar-refractivity contribution in [1.82, 2.24) is 0 Å². The molecule has 0 bridgehead atoms. The molecule has 0 spiro atoms. The van der Waals surface area contributed by atoms with E-state index in [1.165, 1.54) is 13.2 Å². The summed E-state index contributed by atoms with van der Waals surface area (Å²) in [7, 11) is -2.28. The molecule has 9 heteroatoms. The molecule has 0 aliphatic carbocycles. The highest BCUT2D eigenvalue weighted by atomic mass is 35.5. The van der Waals surface area contributed by atoms with Crippen molar-refractivity contribution in [3.8, 4) is 5.75 Å². The third kappa shape index (κ3) is 4.68. The van der Waals surface area contributed by atoms with Crippen molar-refractivity contribution in [2.45, 2.75) is 22.3 Å². The van der Waals surface area contributed by atoms with Crippen LogP contribution >= 0.6 is 11.6 Å². The van der Waals surface area contributed by atoms with Gasteiger partial charge in [0.05, 0.1) is 27.7 Å². The van der Waals surface area contributed by atoms with Crippen molar-refractivity contribution in [2.75, 3.05) is 25.2 Å². The summed E-state index contributed by atoms with van der Waals surface area (Å²) in [6.07, 6.45) is -0.651. The lowest BCUT2D eigenvalue weighted by Crippen LogP contribution is -2.29. The first-order valence-corrected chi connectivity index (χ1v) is 12.1. The number of benzene rings is 3. The molecule has 1 atom stereocenters. The first kappa shape index (κ1) is 23.1. The number of fused-ring (bicyclic) bond motifs is 2. The van der Waals surface area contributed by atoms with Crippen LogP contribution in [-0.2, 0) is 25.8 Å². The fraction of sp³-hybridized carbons (Fsp3) is 0.208. The zero-order valence-corrected chi connectivity index (χ0v) is 19.3. The van der Waals surface area contributed by atoms with Gasteiger partial charge in [0, 0.05) is 18.6 Å². The number of hydrogen-bond donors (Lipinski definition) is 1. The van der Waals surface area contributed by atoms with Crippen molar-refractivity contribution in [2.24, 2.45) is 0 Å². The fourth-order valence-corrected chi connectivity index (χ4v) is 5.59. The molecule has 0 radical (unpaired) electrons. The smallest absolute Gasteiger partial charge is 0.333 e. The average Bonchev–Trinajstić information content (AvgIpc) is 2.80. The normalized spacial score (nSPS) is 14.8. The van der Waals surface area contributed by atoms with Gasteiger partial charge in [-0.25, -0.2) is 13.2 Å². The van der Waals surface area contributed by atoms with Crippen molar-refractivity contribution in [1.29, 1.82) is 0 Å². The molecule has 0 saturated heterocycles. The molecule has 172 valence electrons. The molecule has 3 aromatic rings. The van der Waals surface area contributed by atoms with Gasteiger partial charge in [-0.1, -0.05) is 35.9 Å². The summed E-state index contributed by atoms with van der Waals surface area (Å²) < 4.78 is 37.0. The maximum absolute atomic E-state index is 13.1. The van der Waals surface area contributed by atoms with E-state index in [0.717, 1.165) is 5.56 Å². The minimum Gasteiger partial charge on any atom is -0.492 e. The van der Waals surface area contributed by atoms with E-state index in [1.807, 2.05) is 4.90 Å². The van der Waals surface area contributed by atoms with Crippen LogP contribution < -0.4 is 9.64 Å². The van der Waals surface area contributed by atoms with Crippen molar-refractivity contribution in [3.05, 3.63) is 77.3 Å². The summed E-state index contributed by atoms with van der Waals surface area (Å²) in [5, 5.41) is 9.56. The largest absolute Gasteiger partial charge is 0.492 e. The number of sulfone groups is 1. The molecule has 1 N–H and O–H groups in total. The third-order valence-electron chi connectivity index (χ3n) is 5.43. The second kappa shape index (κ2) is 9.43. The quantitative estimate of drug-likeness (QED) is 0.505. The number of ether oxygens (including phenoxy) is 2. The molecule has 0 saturated carbocycles. The Hall–Kier alpha value is -3.07. The molecule has 1 unspecified atom stereocenters. The average molecular weight is 488 g/mol. The molecular formula is C24H22ClNO6S. The number of carboxylic acids is 1. The van der Waals surface area contributed by atoms with Crippen LogP contribution in [0, 0.1) is 0 Å². The predicted molar refractivity (Wildman–Crippen MR) is 124 cm³/mol. The van der Waals surface area contributed by atoms with Crippen molar-refractivity contribution >= 4 is 38.8 Å². The van der Waals surface area contributed by atoms with Gasteiger partial charge in [-0.3, -0.25) is 0 Å². The van der Waals surface area contributed by atoms with Gasteiger partial charge in [0.15, 0.2) is 6.10 Å². The standard InChI is InChI=1S/C24H22ClNO6S/c1-31-21(24(27)28)14-16-6-9-18(10-7-16)32-13-12-26-19-4-2-3-5-22(19)33(29,30)23-11-8-17(25)15-20(23)26/h2-11,15,21H,12-14H2,1H3,(H,27,28). The molecule has 33 heavy (non-hydrogen) atoms. The second-order valence-electron chi connectivity index (χ2n) is 7.49. The number of methoxy groups -OCH3 is 1. The Kier molecular flexibility index (Phi) is 6.60. The number of anilines is 2. The van der Waals surface area contributed by atoms with Crippen LogP contribution in [0.1, 0.15) is 5.56 Å². The molecule has 0 amide bonds. The monoisotopic (exact) mass is 487 g/mol. The molecule has 4 rings (SSSR count). The maximum Gasteiger partial charge on any atom is 0.333 e. The van der Waals surface area contributed by atoms with Crippen LogP contribution in [0.2, 0.25) is 5.02 Å². The molecule has 0 aromatic heterocycles. The van der Waals surface area contributed by atoms with E-state index in [-0.39, 0.29) is 22.8 Å². The van der Waals surface area contributed by atoms with Crippen LogP contribution in [-0.4, -0.2) is 45.9 Å². The fourth-order valence-electron chi connectivity index (χ4n) is 3.79. The summed E-state index contributed by atoms with van der Waals surface area (Å²) in [6, 6.07) is 18.7. The topological polar surface area (TPSA) is 93.1 Å². The van der Waals surface area contributed by atoms with Crippen molar-refractivity contribution in [3.63, 3.8) is 0 Å². The van der Waals surface area contributed by atoms with Gasteiger partial charge in [-0.2, -0.15) is 0 Å². The number of aliphatic carboxylic acids is 1. The van der Waals surface area contributed by atoms with E-state index >= 15 is 0 Å². The van der Waals surface area contributed by atoms with Crippen molar-refractivity contribution < 1.29 is 27.8 Å². The second-order valence-corrected chi connectivity index (χ2v) is 9.82. The zero-order valence-electron chi connectivity index (χ0n) is 17.8. The van der Waals surface area contributed by atoms with E-state index in [9.17, 15) is 13.2 Å². The number of rotatable bonds is 8. The van der Waals surface area contributed by atoms with Gasteiger partial charge in [0.2, 0.25) is 9.84 Å². The van der Waals surface area contributed by atoms with Gasteiger partial charge in [-0.05, 0) is 48.0 Å². The molecule has 0 fully saturated rings. The molecule has 1 aliphatic rings. The summed E-state index contributed by atoms with van der Waals surface area (Å²) in [6.45, 7) is 0.682. The highest BCUT2D eigenvalue weighted by Crippen LogP contribution is 2.44. The Labute approximate surface area is 197 Å². The Morgan fingerprint density at radius 3 is 2.42 bits per heavy atom. The van der Waals surface area contributed by atoms with E-state index in [0.29, 0.717) is 28.7 Å². The number of carboxylic acid groups (broad SMARTS) is 1. The lowest BCUT2D eigenvalue weighted by Gasteiger charge is -2.33. The molecule has 1 aliphatic heterocycles. The minimum absolute atomic E-state index is 0.209. The lowest BCUT2D eigenvalue weighted by atomic mass is 10.1. The summed E-state index contributed by atoms with van der Waals surface area (Å²) in [4.78, 5) is 13.5. The number of carbonyl (C=O) groups is 1. The number of hydrogen-bond acceptors (Lipinski definition) is 6. The van der Waals surface area contributed by atoms with Gasteiger partial charge >= 0.3 is 5.97 Å². The van der Waals surface area contributed by atoms with E-state index < -0.39 is 21.9 Å². The Bertz CT molecular complexity index is 1280. The van der Waals surface area contributed by atoms with E-state index in [4.69, 9.17) is 26.2 Å². The summed E-state index contributed by atoms with van der Waals surface area (Å²) in [5.74, 6) is -0.394. The van der Waals surface area contributed by atoms with E-state index in [1.54, 1.807) is 60.7 Å². The van der Waals surface area contributed by atoms with Gasteiger partial charge in [0.1, 0.15) is 12.4 Å². The Morgan fingerprint density at radius 1 is 1.03 bits per heavy atom. The number of para-hydroxylation sites is 1. The van der Waals surface area contributed by atoms with Crippen LogP contribution in [0.25, 0.3) is 0 Å². The summed E-state index contributed by atoms with van der Waals surface area (Å²) in [5.41, 5.74) is 1.90. The third-order valence-corrected chi connectivity index (χ3v) is 7.52. The minimum atomic E-state index is -3.64. The first-order chi connectivity index (χ1) is 15.8. The highest BCUT2D eigenvalue weighted by molar-refractivity contribution is 7.92. The van der Waals surface area contributed by atoms with Gasteiger partial charge < -0.3 is 19.5 Å². The van der Waals surface area contributed by atoms with E-state index in [2.05, 4.69) is 0 Å². The number of halogens is 1. The zero-order chi connectivity index (χ0) is 23.6. The molecule has 3 aromatic carbocycles. The van der Waals surface area contributed by atoms with Crippen LogP contribution in [0.4, 0.5) is 11.4 Å². The first-order valence-electron chi connectivity index (χ1n) is 10.2. The van der Waals surface area contributed by atoms with Crippen LogP contribution in [0.3, 0.4) is 0 Å². The van der Waals surface area contributed by atoms with Crippen LogP contribution in [0.5, 0.6) is 5.75 Å². The maximum atomic E-state index is 13.1. The summed E-state index contributed by atoms with van der Waals surface area (Å²) >= 11 is 6.17. The number of nitrogens with zero attached hydrogens (tertiary/aromatic N) is 1. The lowest BCUT2D eigenvalue weighted by molar-refractivity contribution is -0.148. The van der Waals surface area contributed by atoms with Gasteiger partial charge in [-0.15, -0.1) is 0 Å². The SMILES string of the molecule is COC(Cc1ccc(OCCN2c3ccccc3S(=O)(=O)c3ccc(Cl)cc32)cc1)C(=O)O. The van der Waals surface area contributed by atoms with Gasteiger partial charge in [0.25, 0.3) is 0 Å². The Morgan fingerprint density at radius 2 is 1.73 bits per heavy atom. The Balaban J connectivity index is 1.50. The predicted octanol–water partition coefficient (Wildman–Crippen LogP) is 4.35.